The Morgan fingerprint density at radius 1 is 1.44 bits per heavy atom. The fourth-order valence-electron chi connectivity index (χ4n) is 2.32. The highest BCUT2D eigenvalue weighted by Gasteiger charge is 2.22. The molecule has 1 aromatic carbocycles. The first-order valence-corrected chi connectivity index (χ1v) is 6.46. The van der Waals surface area contributed by atoms with Gasteiger partial charge >= 0.3 is 0 Å². The normalized spacial score (nSPS) is 18.4. The predicted molar refractivity (Wildman–Crippen MR) is 68.0 cm³/mol. The number of anilines is 1. The van der Waals surface area contributed by atoms with Crippen LogP contribution >= 0.6 is 11.3 Å². The Morgan fingerprint density at radius 2 is 2.38 bits per heavy atom. The van der Waals surface area contributed by atoms with Gasteiger partial charge in [0.1, 0.15) is 0 Å². The number of hydrogen-bond donors (Lipinski definition) is 1. The second-order valence-electron chi connectivity index (χ2n) is 4.28. The highest BCUT2D eigenvalue weighted by atomic mass is 32.1. The first-order valence-electron chi connectivity index (χ1n) is 5.58. The van der Waals surface area contributed by atoms with E-state index in [-0.39, 0.29) is 0 Å². The third-order valence-electron chi connectivity index (χ3n) is 3.11. The van der Waals surface area contributed by atoms with Crippen LogP contribution in [0.5, 0.6) is 0 Å². The second kappa shape index (κ2) is 3.91. The van der Waals surface area contributed by atoms with Crippen molar-refractivity contribution in [2.75, 3.05) is 5.32 Å². The predicted octanol–water partition coefficient (Wildman–Crippen LogP) is 3.55. The molecule has 0 saturated carbocycles. The fraction of sp³-hybridized carbons (Fsp3) is 0.308. The van der Waals surface area contributed by atoms with E-state index < -0.39 is 0 Å². The standard InChI is InChI=1S/C13H14N2S/c1-9-2-3-10-4-5-12(11(10)8-9)15-13-14-6-7-16-13/h2-3,6-8,12H,4-5H2,1H3,(H,14,15). The van der Waals surface area contributed by atoms with Gasteiger partial charge in [0.2, 0.25) is 0 Å². The molecule has 1 atom stereocenters. The molecule has 82 valence electrons. The zero-order valence-corrected chi connectivity index (χ0v) is 10.1. The summed E-state index contributed by atoms with van der Waals surface area (Å²) in [4.78, 5) is 4.28. The summed E-state index contributed by atoms with van der Waals surface area (Å²) in [7, 11) is 0. The van der Waals surface area contributed by atoms with Crippen molar-refractivity contribution >= 4 is 16.5 Å². The van der Waals surface area contributed by atoms with Crippen LogP contribution in [0.1, 0.15) is 29.2 Å². The van der Waals surface area contributed by atoms with Crippen molar-refractivity contribution in [1.82, 2.24) is 4.98 Å². The van der Waals surface area contributed by atoms with Gasteiger partial charge < -0.3 is 5.32 Å². The third-order valence-corrected chi connectivity index (χ3v) is 3.81. The maximum atomic E-state index is 4.28. The van der Waals surface area contributed by atoms with Crippen molar-refractivity contribution in [2.45, 2.75) is 25.8 Å². The van der Waals surface area contributed by atoms with Gasteiger partial charge in [-0.2, -0.15) is 0 Å². The maximum absolute atomic E-state index is 4.28. The molecule has 0 aliphatic heterocycles. The zero-order chi connectivity index (χ0) is 11.0. The number of rotatable bonds is 2. The minimum atomic E-state index is 0.445. The first-order chi connectivity index (χ1) is 7.83. The van der Waals surface area contributed by atoms with Crippen molar-refractivity contribution < 1.29 is 0 Å². The quantitative estimate of drug-likeness (QED) is 0.853. The second-order valence-corrected chi connectivity index (χ2v) is 5.17. The lowest BCUT2D eigenvalue weighted by atomic mass is 10.1. The average Bonchev–Trinajstić information content (AvgIpc) is 2.90. The van der Waals surface area contributed by atoms with Crippen LogP contribution < -0.4 is 5.32 Å². The molecule has 1 aliphatic carbocycles. The molecular weight excluding hydrogens is 216 g/mol. The molecular formula is C13H14N2S. The minimum absolute atomic E-state index is 0.445. The molecule has 1 aromatic heterocycles. The van der Waals surface area contributed by atoms with Gasteiger partial charge in [-0.05, 0) is 30.9 Å². The van der Waals surface area contributed by atoms with E-state index in [2.05, 4.69) is 35.4 Å². The van der Waals surface area contributed by atoms with Gasteiger partial charge in [0.15, 0.2) is 5.13 Å². The Balaban J connectivity index is 1.88. The van der Waals surface area contributed by atoms with E-state index in [0.717, 1.165) is 5.13 Å². The van der Waals surface area contributed by atoms with Gasteiger partial charge in [-0.15, -0.1) is 11.3 Å². The Morgan fingerprint density at radius 3 is 3.19 bits per heavy atom. The Bertz CT molecular complexity index is 491. The van der Waals surface area contributed by atoms with E-state index in [1.807, 2.05) is 11.6 Å². The van der Waals surface area contributed by atoms with E-state index in [1.165, 1.54) is 29.5 Å². The van der Waals surface area contributed by atoms with Gasteiger partial charge in [-0.25, -0.2) is 4.98 Å². The number of aryl methyl sites for hydroxylation is 2. The van der Waals surface area contributed by atoms with Crippen LogP contribution in [0.25, 0.3) is 0 Å². The van der Waals surface area contributed by atoms with Crippen LogP contribution in [0.3, 0.4) is 0 Å². The largest absolute Gasteiger partial charge is 0.355 e. The Kier molecular flexibility index (Phi) is 2.40. The lowest BCUT2D eigenvalue weighted by Crippen LogP contribution is -2.06. The molecule has 1 aliphatic rings. The number of nitrogens with zero attached hydrogens (tertiary/aromatic N) is 1. The van der Waals surface area contributed by atoms with E-state index in [1.54, 1.807) is 11.3 Å². The van der Waals surface area contributed by atoms with Crippen molar-refractivity contribution in [3.8, 4) is 0 Å². The molecule has 0 amide bonds. The van der Waals surface area contributed by atoms with E-state index in [4.69, 9.17) is 0 Å². The van der Waals surface area contributed by atoms with Crippen molar-refractivity contribution in [2.24, 2.45) is 0 Å². The number of aromatic nitrogens is 1. The van der Waals surface area contributed by atoms with Crippen molar-refractivity contribution in [3.05, 3.63) is 46.5 Å². The number of benzene rings is 1. The molecule has 0 saturated heterocycles. The van der Waals surface area contributed by atoms with Gasteiger partial charge in [-0.3, -0.25) is 0 Å². The molecule has 1 N–H and O–H groups in total. The van der Waals surface area contributed by atoms with Gasteiger partial charge in [0.25, 0.3) is 0 Å². The molecule has 16 heavy (non-hydrogen) atoms. The van der Waals surface area contributed by atoms with Gasteiger partial charge in [-0.1, -0.05) is 23.8 Å². The monoisotopic (exact) mass is 230 g/mol. The molecule has 0 bridgehead atoms. The number of hydrogen-bond acceptors (Lipinski definition) is 3. The topological polar surface area (TPSA) is 24.9 Å². The molecule has 0 fully saturated rings. The highest BCUT2D eigenvalue weighted by molar-refractivity contribution is 7.13. The summed E-state index contributed by atoms with van der Waals surface area (Å²) in [5.74, 6) is 0. The Labute approximate surface area is 99.4 Å². The van der Waals surface area contributed by atoms with Crippen LogP contribution in [-0.2, 0) is 6.42 Å². The summed E-state index contributed by atoms with van der Waals surface area (Å²) in [5, 5.41) is 6.55. The van der Waals surface area contributed by atoms with E-state index >= 15 is 0 Å². The third kappa shape index (κ3) is 1.71. The summed E-state index contributed by atoms with van der Waals surface area (Å²) in [6.45, 7) is 2.15. The molecule has 2 aromatic rings. The summed E-state index contributed by atoms with van der Waals surface area (Å²) in [5.41, 5.74) is 4.28. The molecule has 0 radical (unpaired) electrons. The minimum Gasteiger partial charge on any atom is -0.355 e. The summed E-state index contributed by atoms with van der Waals surface area (Å²) in [6.07, 6.45) is 4.20. The average molecular weight is 230 g/mol. The molecule has 1 heterocycles. The zero-order valence-electron chi connectivity index (χ0n) is 9.23. The number of fused-ring (bicyclic) bond motifs is 1. The molecule has 3 rings (SSSR count). The van der Waals surface area contributed by atoms with Crippen LogP contribution in [0, 0.1) is 6.92 Å². The highest BCUT2D eigenvalue weighted by Crippen LogP contribution is 2.34. The molecule has 3 heteroatoms. The Hall–Kier alpha value is -1.35. The van der Waals surface area contributed by atoms with Crippen LogP contribution in [0.15, 0.2) is 29.8 Å². The summed E-state index contributed by atoms with van der Waals surface area (Å²) >= 11 is 1.67. The smallest absolute Gasteiger partial charge is 0.183 e. The van der Waals surface area contributed by atoms with Gasteiger partial charge in [0.05, 0.1) is 6.04 Å². The number of thiazole rings is 1. The summed E-state index contributed by atoms with van der Waals surface area (Å²) < 4.78 is 0. The van der Waals surface area contributed by atoms with Crippen LogP contribution in [-0.4, -0.2) is 4.98 Å². The van der Waals surface area contributed by atoms with Gasteiger partial charge in [0, 0.05) is 11.6 Å². The van der Waals surface area contributed by atoms with E-state index in [0.29, 0.717) is 6.04 Å². The maximum Gasteiger partial charge on any atom is 0.183 e. The molecule has 0 spiro atoms. The lowest BCUT2D eigenvalue weighted by Gasteiger charge is -2.13. The summed E-state index contributed by atoms with van der Waals surface area (Å²) in [6, 6.07) is 7.20. The first kappa shape index (κ1) is 9.85. The SMILES string of the molecule is Cc1ccc2c(c1)C(Nc1nccs1)CC2. The van der Waals surface area contributed by atoms with Crippen LogP contribution in [0.4, 0.5) is 5.13 Å². The number of nitrogens with one attached hydrogen (secondary N) is 1. The van der Waals surface area contributed by atoms with Crippen LogP contribution in [0.2, 0.25) is 0 Å². The molecule has 1 unspecified atom stereocenters. The van der Waals surface area contributed by atoms with Crippen molar-refractivity contribution in [1.29, 1.82) is 0 Å². The molecule has 2 nitrogen and oxygen atoms in total. The van der Waals surface area contributed by atoms with Crippen molar-refractivity contribution in [3.63, 3.8) is 0 Å². The lowest BCUT2D eigenvalue weighted by molar-refractivity contribution is 0.760. The van der Waals surface area contributed by atoms with E-state index in [9.17, 15) is 0 Å². The fourth-order valence-corrected chi connectivity index (χ4v) is 2.90.